The van der Waals surface area contributed by atoms with E-state index >= 15 is 0 Å². The van der Waals surface area contributed by atoms with E-state index in [1.54, 1.807) is 6.07 Å². The Labute approximate surface area is 214 Å². The average Bonchev–Trinajstić information content (AvgIpc) is 3.70. The number of nitrogens with zero attached hydrogens (tertiary/aromatic N) is 1. The minimum absolute atomic E-state index is 0.00740. The molecular formula is C26H22F3N3O6. The van der Waals surface area contributed by atoms with Crippen molar-refractivity contribution in [2.45, 2.75) is 50.6 Å². The van der Waals surface area contributed by atoms with Crippen molar-refractivity contribution in [3.63, 3.8) is 0 Å². The van der Waals surface area contributed by atoms with Crippen LogP contribution in [0.15, 0.2) is 42.5 Å². The Bertz CT molecular complexity index is 1340. The molecule has 1 aliphatic carbocycles. The molecule has 2 aromatic carbocycles. The molecule has 3 aliphatic rings. The Kier molecular flexibility index (Phi) is 6.41. The summed E-state index contributed by atoms with van der Waals surface area (Å²) in [6, 6.07) is 8.13. The van der Waals surface area contributed by atoms with Crippen LogP contribution < -0.4 is 15.4 Å². The van der Waals surface area contributed by atoms with Crippen molar-refractivity contribution in [2.24, 2.45) is 5.92 Å². The zero-order valence-corrected chi connectivity index (χ0v) is 19.8. The van der Waals surface area contributed by atoms with Crippen LogP contribution in [0.5, 0.6) is 5.75 Å². The standard InChI is InChI=1S/C26H22F3N3O6/c27-21(14-2-3-14)26(28,29)38-16-6-4-15(5-7-16)22(34)30-12-13-1-8-17-18(11-13)25(37)32(24(17)36)19-9-10-20(33)31-23(19)35/h1,4-8,11,14,19,21H,2-3,9-10,12H2,(H,30,34)(H,31,33,35). The van der Waals surface area contributed by atoms with E-state index < -0.39 is 53.8 Å². The predicted octanol–water partition coefficient (Wildman–Crippen LogP) is 2.74. The van der Waals surface area contributed by atoms with Crippen molar-refractivity contribution in [3.8, 4) is 5.75 Å². The summed E-state index contributed by atoms with van der Waals surface area (Å²) >= 11 is 0. The van der Waals surface area contributed by atoms with Gasteiger partial charge in [0, 0.05) is 24.4 Å². The molecule has 0 spiro atoms. The van der Waals surface area contributed by atoms with Gasteiger partial charge in [-0.15, -0.1) is 0 Å². The normalized spacial score (nSPS) is 20.2. The van der Waals surface area contributed by atoms with Crippen LogP contribution in [0.1, 0.15) is 62.3 Å². The second-order valence-electron chi connectivity index (χ2n) is 9.44. The molecule has 2 heterocycles. The summed E-state index contributed by atoms with van der Waals surface area (Å²) in [5.74, 6) is -4.02. The van der Waals surface area contributed by atoms with E-state index in [1.807, 2.05) is 0 Å². The highest BCUT2D eigenvalue weighted by Gasteiger charge is 2.51. The van der Waals surface area contributed by atoms with Gasteiger partial charge in [-0.05, 0) is 61.2 Å². The topological polar surface area (TPSA) is 122 Å². The first kappa shape index (κ1) is 25.4. The fourth-order valence-corrected chi connectivity index (χ4v) is 4.46. The van der Waals surface area contributed by atoms with Gasteiger partial charge in [0.15, 0.2) is 0 Å². The van der Waals surface area contributed by atoms with Crippen LogP contribution >= 0.6 is 0 Å². The zero-order chi connectivity index (χ0) is 27.2. The summed E-state index contributed by atoms with van der Waals surface area (Å²) in [5.41, 5.74) is 0.818. The Balaban J connectivity index is 1.21. The molecule has 2 aliphatic heterocycles. The van der Waals surface area contributed by atoms with Crippen LogP contribution in [-0.2, 0) is 16.1 Å². The van der Waals surface area contributed by atoms with Gasteiger partial charge in [-0.2, -0.15) is 8.78 Å². The molecule has 9 nitrogen and oxygen atoms in total. The highest BCUT2D eigenvalue weighted by atomic mass is 19.3. The lowest BCUT2D eigenvalue weighted by Crippen LogP contribution is -2.54. The molecule has 0 radical (unpaired) electrons. The summed E-state index contributed by atoms with van der Waals surface area (Å²) in [7, 11) is 0. The van der Waals surface area contributed by atoms with Crippen LogP contribution in [0, 0.1) is 5.92 Å². The SMILES string of the molecule is O=C1CCC(N2C(=O)c3ccc(CNC(=O)c4ccc(OC(F)(F)C(F)C5CC5)cc4)cc3C2=O)C(=O)N1. The van der Waals surface area contributed by atoms with E-state index in [0.717, 1.165) is 17.0 Å². The van der Waals surface area contributed by atoms with Crippen molar-refractivity contribution in [2.75, 3.05) is 0 Å². The number of hydrogen-bond donors (Lipinski definition) is 2. The van der Waals surface area contributed by atoms with Crippen LogP contribution in [0.4, 0.5) is 13.2 Å². The maximum atomic E-state index is 13.9. The lowest BCUT2D eigenvalue weighted by atomic mass is 10.0. The second-order valence-corrected chi connectivity index (χ2v) is 9.44. The summed E-state index contributed by atoms with van der Waals surface area (Å²) in [6.07, 6.45) is -5.53. The summed E-state index contributed by atoms with van der Waals surface area (Å²) < 4.78 is 46.1. The minimum Gasteiger partial charge on any atom is -0.430 e. The molecule has 2 unspecified atom stereocenters. The predicted molar refractivity (Wildman–Crippen MR) is 124 cm³/mol. The Morgan fingerprint density at radius 3 is 2.37 bits per heavy atom. The number of benzene rings is 2. The maximum Gasteiger partial charge on any atom is 0.430 e. The molecule has 5 amide bonds. The number of piperidine rings is 1. The van der Waals surface area contributed by atoms with Gasteiger partial charge in [-0.1, -0.05) is 6.07 Å². The van der Waals surface area contributed by atoms with Crippen LogP contribution in [0.2, 0.25) is 0 Å². The monoisotopic (exact) mass is 529 g/mol. The van der Waals surface area contributed by atoms with Crippen molar-refractivity contribution in [1.29, 1.82) is 0 Å². The van der Waals surface area contributed by atoms with E-state index in [0.29, 0.717) is 18.4 Å². The molecule has 198 valence electrons. The summed E-state index contributed by atoms with van der Waals surface area (Å²) in [6.45, 7) is -0.0206. The third-order valence-electron chi connectivity index (χ3n) is 6.68. The molecule has 1 saturated heterocycles. The Morgan fingerprint density at radius 1 is 1.03 bits per heavy atom. The number of imide groups is 2. The molecule has 2 atom stereocenters. The van der Waals surface area contributed by atoms with E-state index in [2.05, 4.69) is 15.4 Å². The quantitative estimate of drug-likeness (QED) is 0.508. The second kappa shape index (κ2) is 9.58. The first-order valence-corrected chi connectivity index (χ1v) is 12.0. The third-order valence-corrected chi connectivity index (χ3v) is 6.68. The molecule has 0 bridgehead atoms. The number of fused-ring (bicyclic) bond motifs is 1. The van der Waals surface area contributed by atoms with E-state index in [-0.39, 0.29) is 41.8 Å². The molecule has 38 heavy (non-hydrogen) atoms. The van der Waals surface area contributed by atoms with Crippen LogP contribution in [0.25, 0.3) is 0 Å². The van der Waals surface area contributed by atoms with E-state index in [1.165, 1.54) is 24.3 Å². The maximum absolute atomic E-state index is 13.9. The number of alkyl halides is 3. The average molecular weight is 529 g/mol. The van der Waals surface area contributed by atoms with Crippen molar-refractivity contribution < 1.29 is 41.9 Å². The molecule has 2 aromatic rings. The molecule has 2 fully saturated rings. The highest BCUT2D eigenvalue weighted by molar-refractivity contribution is 6.23. The van der Waals surface area contributed by atoms with Crippen LogP contribution in [0.3, 0.4) is 0 Å². The van der Waals surface area contributed by atoms with Gasteiger partial charge >= 0.3 is 6.11 Å². The Morgan fingerprint density at radius 2 is 1.71 bits per heavy atom. The zero-order valence-electron chi connectivity index (χ0n) is 19.8. The van der Waals surface area contributed by atoms with Crippen molar-refractivity contribution >= 4 is 29.5 Å². The third kappa shape index (κ3) is 4.85. The van der Waals surface area contributed by atoms with Crippen molar-refractivity contribution in [1.82, 2.24) is 15.5 Å². The van der Waals surface area contributed by atoms with Gasteiger partial charge in [0.1, 0.15) is 11.8 Å². The van der Waals surface area contributed by atoms with Gasteiger partial charge < -0.3 is 10.1 Å². The lowest BCUT2D eigenvalue weighted by molar-refractivity contribution is -0.224. The summed E-state index contributed by atoms with van der Waals surface area (Å²) in [5, 5.41) is 4.76. The lowest BCUT2D eigenvalue weighted by Gasteiger charge is -2.27. The molecule has 5 rings (SSSR count). The van der Waals surface area contributed by atoms with E-state index in [4.69, 9.17) is 0 Å². The van der Waals surface area contributed by atoms with Crippen molar-refractivity contribution in [3.05, 3.63) is 64.7 Å². The number of rotatable bonds is 8. The van der Waals surface area contributed by atoms with Gasteiger partial charge in [-0.3, -0.25) is 34.2 Å². The Hall–Kier alpha value is -4.22. The van der Waals surface area contributed by atoms with Gasteiger partial charge in [0.2, 0.25) is 18.0 Å². The molecule has 2 N–H and O–H groups in total. The highest BCUT2D eigenvalue weighted by Crippen LogP contribution is 2.42. The molecular weight excluding hydrogens is 507 g/mol. The molecule has 1 saturated carbocycles. The number of carbonyl (C=O) groups excluding carboxylic acids is 5. The van der Waals surface area contributed by atoms with Crippen LogP contribution in [-0.4, -0.2) is 52.8 Å². The van der Waals surface area contributed by atoms with Gasteiger partial charge in [0.05, 0.1) is 11.1 Å². The van der Waals surface area contributed by atoms with Gasteiger partial charge in [0.25, 0.3) is 17.7 Å². The number of carbonyl (C=O) groups is 5. The molecule has 12 heteroatoms. The van der Waals surface area contributed by atoms with E-state index in [9.17, 15) is 37.1 Å². The minimum atomic E-state index is -3.97. The smallest absolute Gasteiger partial charge is 0.430 e. The number of nitrogens with one attached hydrogen (secondary N) is 2. The number of amides is 5. The molecule has 0 aromatic heterocycles. The number of halogens is 3. The number of hydrogen-bond acceptors (Lipinski definition) is 6. The fraction of sp³-hybridized carbons (Fsp3) is 0.346. The summed E-state index contributed by atoms with van der Waals surface area (Å²) in [4.78, 5) is 62.7. The largest absolute Gasteiger partial charge is 0.430 e. The van der Waals surface area contributed by atoms with Gasteiger partial charge in [-0.25, -0.2) is 4.39 Å². The number of ether oxygens (including phenoxy) is 1. The first-order chi connectivity index (χ1) is 18.0. The fourth-order valence-electron chi connectivity index (χ4n) is 4.46. The first-order valence-electron chi connectivity index (χ1n) is 12.0.